The first kappa shape index (κ1) is 30.9. The van der Waals surface area contributed by atoms with Crippen molar-refractivity contribution >= 4 is 11.8 Å². The Morgan fingerprint density at radius 3 is 1.75 bits per heavy atom. The van der Waals surface area contributed by atoms with E-state index in [1.54, 1.807) is 19.0 Å². The third-order valence-electron chi connectivity index (χ3n) is 6.33. The number of rotatable bonds is 22. The number of carbonyl (C=O) groups is 2. The summed E-state index contributed by atoms with van der Waals surface area (Å²) in [5.41, 5.74) is 0. The van der Waals surface area contributed by atoms with Gasteiger partial charge in [-0.25, -0.2) is 0 Å². The van der Waals surface area contributed by atoms with Gasteiger partial charge in [-0.1, -0.05) is 97.3 Å². The third kappa shape index (κ3) is 18.5. The van der Waals surface area contributed by atoms with Crippen molar-refractivity contribution in [3.05, 3.63) is 0 Å². The first-order chi connectivity index (χ1) is 15.4. The predicted octanol–water partition coefficient (Wildman–Crippen LogP) is 6.37. The van der Waals surface area contributed by atoms with E-state index in [0.29, 0.717) is 12.8 Å². The van der Waals surface area contributed by atoms with Crippen LogP contribution in [0, 0.1) is 0 Å². The van der Waals surface area contributed by atoms with Crippen LogP contribution in [0.1, 0.15) is 136 Å². The van der Waals surface area contributed by atoms with Crippen molar-refractivity contribution < 1.29 is 14.7 Å². The van der Waals surface area contributed by atoms with E-state index >= 15 is 0 Å². The molecule has 0 heterocycles. The molecule has 0 aromatic carbocycles. The number of hydrogen-bond acceptors (Lipinski definition) is 3. The molecule has 0 bridgehead atoms. The summed E-state index contributed by atoms with van der Waals surface area (Å²) in [6, 6.07) is -0.125. The van der Waals surface area contributed by atoms with Gasteiger partial charge in [-0.3, -0.25) is 9.59 Å². The highest BCUT2D eigenvalue weighted by molar-refractivity contribution is 5.76. The topological polar surface area (TPSA) is 69.6 Å². The number of amides is 2. The van der Waals surface area contributed by atoms with Gasteiger partial charge < -0.3 is 15.3 Å². The minimum absolute atomic E-state index is 0.0929. The second kappa shape index (κ2) is 21.7. The lowest BCUT2D eigenvalue weighted by Crippen LogP contribution is -2.43. The molecular weight excluding hydrogens is 400 g/mol. The first-order valence-corrected chi connectivity index (χ1v) is 13.6. The average Bonchev–Trinajstić information content (AvgIpc) is 2.77. The number of carbonyl (C=O) groups excluding carboxylic acids is 2. The summed E-state index contributed by atoms with van der Waals surface area (Å²) in [5.74, 6) is 0.292. The lowest BCUT2D eigenvalue weighted by atomic mass is 9.97. The Kier molecular flexibility index (Phi) is 21.0. The van der Waals surface area contributed by atoms with Crippen molar-refractivity contribution in [2.45, 2.75) is 148 Å². The zero-order valence-electron chi connectivity index (χ0n) is 21.8. The molecule has 190 valence electrons. The van der Waals surface area contributed by atoms with Gasteiger partial charge in [-0.05, 0) is 25.7 Å². The number of hydrogen-bond donors (Lipinski definition) is 2. The monoisotopic (exact) mass is 454 g/mol. The molecule has 0 aromatic heterocycles. The van der Waals surface area contributed by atoms with Crippen molar-refractivity contribution in [1.29, 1.82) is 0 Å². The molecule has 0 fully saturated rings. The summed E-state index contributed by atoms with van der Waals surface area (Å²) < 4.78 is 0. The fourth-order valence-electron chi connectivity index (χ4n) is 4.08. The van der Waals surface area contributed by atoms with E-state index in [0.717, 1.165) is 64.2 Å². The number of nitrogens with zero attached hydrogens (tertiary/aromatic N) is 1. The number of aliphatic hydroxyl groups is 1. The van der Waals surface area contributed by atoms with Crippen LogP contribution in [0.3, 0.4) is 0 Å². The molecule has 0 radical (unpaired) electrons. The summed E-state index contributed by atoms with van der Waals surface area (Å²) in [6.45, 7) is 4.40. The Morgan fingerprint density at radius 1 is 0.688 bits per heavy atom. The van der Waals surface area contributed by atoms with Crippen molar-refractivity contribution in [1.82, 2.24) is 10.2 Å². The van der Waals surface area contributed by atoms with E-state index in [2.05, 4.69) is 19.2 Å². The molecule has 5 nitrogen and oxygen atoms in total. The van der Waals surface area contributed by atoms with Crippen LogP contribution in [0.15, 0.2) is 0 Å². The van der Waals surface area contributed by atoms with Crippen molar-refractivity contribution in [2.75, 3.05) is 14.1 Å². The number of nitrogens with one attached hydrogen (secondary N) is 1. The minimum atomic E-state index is -0.446. The second-order valence-corrected chi connectivity index (χ2v) is 9.70. The van der Waals surface area contributed by atoms with Crippen LogP contribution in [-0.2, 0) is 9.59 Å². The van der Waals surface area contributed by atoms with Gasteiger partial charge in [0.2, 0.25) is 11.8 Å². The van der Waals surface area contributed by atoms with Crippen LogP contribution in [0.25, 0.3) is 0 Å². The zero-order chi connectivity index (χ0) is 24.0. The van der Waals surface area contributed by atoms with Gasteiger partial charge in [0.1, 0.15) is 0 Å². The molecule has 0 aliphatic rings. The van der Waals surface area contributed by atoms with Gasteiger partial charge >= 0.3 is 0 Å². The highest BCUT2D eigenvalue weighted by Gasteiger charge is 2.20. The van der Waals surface area contributed by atoms with Crippen molar-refractivity contribution in [3.63, 3.8) is 0 Å². The van der Waals surface area contributed by atoms with Gasteiger partial charge in [-0.15, -0.1) is 0 Å². The summed E-state index contributed by atoms with van der Waals surface area (Å²) in [7, 11) is 3.61. The molecular formula is C27H54N2O3. The largest absolute Gasteiger partial charge is 0.391 e. The maximum atomic E-state index is 12.4. The van der Waals surface area contributed by atoms with E-state index in [1.165, 1.54) is 44.9 Å². The molecule has 32 heavy (non-hydrogen) atoms. The van der Waals surface area contributed by atoms with E-state index in [9.17, 15) is 14.7 Å². The molecule has 0 aromatic rings. The fourth-order valence-corrected chi connectivity index (χ4v) is 4.08. The Bertz CT molecular complexity index is 454. The van der Waals surface area contributed by atoms with Crippen LogP contribution >= 0.6 is 0 Å². The molecule has 0 spiro atoms. The second-order valence-electron chi connectivity index (χ2n) is 9.70. The molecule has 2 amide bonds. The van der Waals surface area contributed by atoms with Crippen LogP contribution in [0.5, 0.6) is 0 Å². The highest BCUT2D eigenvalue weighted by Crippen LogP contribution is 2.16. The third-order valence-corrected chi connectivity index (χ3v) is 6.33. The quantitative estimate of drug-likeness (QED) is 0.187. The zero-order valence-corrected chi connectivity index (χ0v) is 21.8. The summed E-state index contributed by atoms with van der Waals surface area (Å²) >= 11 is 0. The van der Waals surface area contributed by atoms with Gasteiger partial charge in [0.25, 0.3) is 0 Å². The summed E-state index contributed by atoms with van der Waals surface area (Å²) in [6.07, 6.45) is 19.2. The Morgan fingerprint density at radius 2 is 1.16 bits per heavy atom. The van der Waals surface area contributed by atoms with Crippen LogP contribution in [0.4, 0.5) is 0 Å². The molecule has 2 N–H and O–H groups in total. The summed E-state index contributed by atoms with van der Waals surface area (Å²) in [5, 5.41) is 13.9. The average molecular weight is 455 g/mol. The lowest BCUT2D eigenvalue weighted by molar-refractivity contribution is -0.128. The minimum Gasteiger partial charge on any atom is -0.391 e. The first-order valence-electron chi connectivity index (χ1n) is 13.6. The number of unbranched alkanes of at least 4 members (excludes halogenated alkanes) is 12. The fraction of sp³-hybridized carbons (Fsp3) is 0.926. The van der Waals surface area contributed by atoms with Gasteiger partial charge in [0.15, 0.2) is 0 Å². The normalized spacial score (nSPS) is 13.0. The Balaban J connectivity index is 4.27. The van der Waals surface area contributed by atoms with Crippen molar-refractivity contribution in [2.24, 2.45) is 0 Å². The van der Waals surface area contributed by atoms with E-state index in [-0.39, 0.29) is 17.9 Å². The maximum Gasteiger partial charge on any atom is 0.222 e. The van der Waals surface area contributed by atoms with Crippen molar-refractivity contribution in [3.8, 4) is 0 Å². The van der Waals surface area contributed by atoms with E-state index < -0.39 is 6.10 Å². The van der Waals surface area contributed by atoms with Gasteiger partial charge in [0.05, 0.1) is 12.1 Å². The number of aliphatic hydroxyl groups excluding tert-OH is 1. The standard InChI is InChI=1S/C27H54N2O3/c1-5-7-9-11-14-17-21-25(30)24(28-26(31)22-18-10-8-6-2)20-16-13-12-15-19-23-27(32)29(3)4/h24-25,30H,5-23H2,1-4H3,(H,28,31). The molecule has 0 aliphatic heterocycles. The maximum absolute atomic E-state index is 12.4. The highest BCUT2D eigenvalue weighted by atomic mass is 16.3. The van der Waals surface area contributed by atoms with Crippen LogP contribution < -0.4 is 5.32 Å². The Hall–Kier alpha value is -1.10. The smallest absolute Gasteiger partial charge is 0.222 e. The van der Waals surface area contributed by atoms with Crippen LogP contribution in [0.2, 0.25) is 0 Å². The Labute approximate surface area is 199 Å². The van der Waals surface area contributed by atoms with Gasteiger partial charge in [-0.2, -0.15) is 0 Å². The molecule has 0 saturated heterocycles. The van der Waals surface area contributed by atoms with E-state index in [1.807, 2.05) is 0 Å². The lowest BCUT2D eigenvalue weighted by Gasteiger charge is -2.24. The molecule has 0 saturated carbocycles. The van der Waals surface area contributed by atoms with E-state index in [4.69, 9.17) is 0 Å². The summed E-state index contributed by atoms with van der Waals surface area (Å²) in [4.78, 5) is 25.7. The molecule has 2 unspecified atom stereocenters. The SMILES string of the molecule is CCCCCCCCC(O)C(CCCCCCCC(=O)N(C)C)NC(=O)CCCCCC. The molecule has 0 aliphatic carbocycles. The van der Waals surface area contributed by atoms with Crippen LogP contribution in [-0.4, -0.2) is 48.1 Å². The molecule has 2 atom stereocenters. The molecule has 0 rings (SSSR count). The molecule has 5 heteroatoms. The predicted molar refractivity (Wildman–Crippen MR) is 136 cm³/mol. The van der Waals surface area contributed by atoms with Gasteiger partial charge in [0, 0.05) is 26.9 Å².